The van der Waals surface area contributed by atoms with Crippen molar-refractivity contribution in [2.24, 2.45) is 0 Å². The van der Waals surface area contributed by atoms with E-state index in [0.29, 0.717) is 5.56 Å². The van der Waals surface area contributed by atoms with Gasteiger partial charge < -0.3 is 4.74 Å². The van der Waals surface area contributed by atoms with E-state index in [1.165, 1.54) is 55.5 Å². The summed E-state index contributed by atoms with van der Waals surface area (Å²) in [6, 6.07) is 10.3. The average molecular weight is 366 g/mol. The van der Waals surface area contributed by atoms with Crippen molar-refractivity contribution >= 4 is 21.7 Å². The predicted molar refractivity (Wildman–Crippen MR) is 86.8 cm³/mol. The highest BCUT2D eigenvalue weighted by atomic mass is 32.2. The molecule has 25 heavy (non-hydrogen) atoms. The maximum absolute atomic E-state index is 12.7. The molecule has 0 fully saturated rings. The number of hydrogen-bond acceptors (Lipinski definition) is 5. The third-order valence-corrected chi connectivity index (χ3v) is 4.34. The largest absolute Gasteiger partial charge is 0.484 e. The maximum atomic E-state index is 12.7. The van der Waals surface area contributed by atoms with Gasteiger partial charge in [-0.1, -0.05) is 12.1 Å². The molecule has 1 amide bonds. The minimum absolute atomic E-state index is 0.114. The van der Waals surface area contributed by atoms with E-state index in [1.807, 2.05) is 10.3 Å². The van der Waals surface area contributed by atoms with Crippen LogP contribution in [-0.4, -0.2) is 26.7 Å². The van der Waals surface area contributed by atoms with Crippen molar-refractivity contribution in [3.63, 3.8) is 0 Å². The van der Waals surface area contributed by atoms with E-state index in [9.17, 15) is 22.4 Å². The highest BCUT2D eigenvalue weighted by Gasteiger charge is 2.15. The normalized spacial score (nSPS) is 11.0. The topological polar surface area (TPSA) is 102 Å². The first-order chi connectivity index (χ1) is 11.8. The lowest BCUT2D eigenvalue weighted by atomic mass is 10.2. The summed E-state index contributed by atoms with van der Waals surface area (Å²) < 4.78 is 41.9. The first-order valence-electron chi connectivity index (χ1n) is 7.08. The van der Waals surface area contributed by atoms with Gasteiger partial charge >= 0.3 is 0 Å². The third-order valence-electron chi connectivity index (χ3n) is 3.08. The molecule has 9 heteroatoms. The van der Waals surface area contributed by atoms with E-state index in [-0.39, 0.29) is 16.4 Å². The highest BCUT2D eigenvalue weighted by Crippen LogP contribution is 2.11. The summed E-state index contributed by atoms with van der Waals surface area (Å²) in [6.07, 6.45) is 0. The molecule has 0 spiro atoms. The van der Waals surface area contributed by atoms with Gasteiger partial charge in [0.25, 0.3) is 15.9 Å². The van der Waals surface area contributed by atoms with Gasteiger partial charge in [-0.2, -0.15) is 0 Å². The number of carbonyl (C=O) groups excluding carboxylic acids is 2. The van der Waals surface area contributed by atoms with Crippen LogP contribution in [0.15, 0.2) is 53.4 Å². The monoisotopic (exact) mass is 366 g/mol. The number of Topliss-reactive ketones (excluding diaryl/α,β-unsaturated/α-hetero) is 1. The van der Waals surface area contributed by atoms with Crippen molar-refractivity contribution < 1.29 is 27.1 Å². The van der Waals surface area contributed by atoms with Gasteiger partial charge in [-0.25, -0.2) is 12.8 Å². The number of ketones is 1. The van der Waals surface area contributed by atoms with E-state index in [1.54, 1.807) is 0 Å². The van der Waals surface area contributed by atoms with Crippen LogP contribution in [0.1, 0.15) is 17.3 Å². The number of halogens is 1. The minimum atomic E-state index is -3.98. The standard InChI is InChI=1S/C16H15FN2O5S/c1-11(20)12-2-8-15(9-3-12)25(22,23)19-18-16(21)10-24-14-6-4-13(17)5-7-14/h2-9,19H,10H2,1H3,(H,18,21). The molecule has 7 nitrogen and oxygen atoms in total. The summed E-state index contributed by atoms with van der Waals surface area (Å²) in [5, 5.41) is 0. The van der Waals surface area contributed by atoms with Crippen LogP contribution >= 0.6 is 0 Å². The summed E-state index contributed by atoms with van der Waals surface area (Å²) >= 11 is 0. The molecular weight excluding hydrogens is 351 g/mol. The SMILES string of the molecule is CC(=O)c1ccc(S(=O)(=O)NNC(=O)COc2ccc(F)cc2)cc1. The first-order valence-corrected chi connectivity index (χ1v) is 8.56. The molecule has 132 valence electrons. The number of hydrazine groups is 1. The Morgan fingerprint density at radius 2 is 1.64 bits per heavy atom. The van der Waals surface area contributed by atoms with Crippen LogP contribution in [0.4, 0.5) is 4.39 Å². The zero-order valence-corrected chi connectivity index (χ0v) is 14.0. The van der Waals surface area contributed by atoms with Crippen LogP contribution in [-0.2, 0) is 14.8 Å². The summed E-state index contributed by atoms with van der Waals surface area (Å²) in [5.74, 6) is -1.11. The minimum Gasteiger partial charge on any atom is -0.484 e. The van der Waals surface area contributed by atoms with Gasteiger partial charge in [-0.15, -0.1) is 4.83 Å². The molecule has 0 saturated carbocycles. The van der Waals surface area contributed by atoms with Crippen molar-refractivity contribution in [1.82, 2.24) is 10.3 Å². The fourth-order valence-corrected chi connectivity index (χ4v) is 2.63. The lowest BCUT2D eigenvalue weighted by Gasteiger charge is -2.10. The Labute approximate surface area is 143 Å². The maximum Gasteiger partial charge on any atom is 0.272 e. The second-order valence-electron chi connectivity index (χ2n) is 4.98. The van der Waals surface area contributed by atoms with Crippen molar-refractivity contribution in [2.45, 2.75) is 11.8 Å². The van der Waals surface area contributed by atoms with Gasteiger partial charge in [0.2, 0.25) is 0 Å². The number of ether oxygens (including phenoxy) is 1. The van der Waals surface area contributed by atoms with Gasteiger partial charge in [0.1, 0.15) is 11.6 Å². The molecule has 0 unspecified atom stereocenters. The predicted octanol–water partition coefficient (Wildman–Crippen LogP) is 1.42. The summed E-state index contributed by atoms with van der Waals surface area (Å²) in [4.78, 5) is 24.6. The molecule has 0 aliphatic heterocycles. The van der Waals surface area contributed by atoms with E-state index in [4.69, 9.17) is 4.74 Å². The van der Waals surface area contributed by atoms with E-state index < -0.39 is 28.4 Å². The lowest BCUT2D eigenvalue weighted by molar-refractivity contribution is -0.123. The zero-order valence-electron chi connectivity index (χ0n) is 13.2. The Bertz CT molecular complexity index is 864. The van der Waals surface area contributed by atoms with Gasteiger partial charge in [0.05, 0.1) is 4.90 Å². The number of carbonyl (C=O) groups is 2. The Kier molecular flexibility index (Phi) is 5.84. The zero-order chi connectivity index (χ0) is 18.4. The van der Waals surface area contributed by atoms with Crippen molar-refractivity contribution in [2.75, 3.05) is 6.61 Å². The smallest absolute Gasteiger partial charge is 0.272 e. The van der Waals surface area contributed by atoms with Crippen LogP contribution in [0.25, 0.3) is 0 Å². The molecule has 0 atom stereocenters. The van der Waals surface area contributed by atoms with Gasteiger partial charge in [0, 0.05) is 5.56 Å². The summed E-state index contributed by atoms with van der Waals surface area (Å²) in [7, 11) is -3.98. The molecule has 0 saturated heterocycles. The van der Waals surface area contributed by atoms with Crippen LogP contribution in [0.3, 0.4) is 0 Å². The van der Waals surface area contributed by atoms with E-state index in [0.717, 1.165) is 0 Å². The Morgan fingerprint density at radius 1 is 1.04 bits per heavy atom. The Balaban J connectivity index is 1.89. The number of hydrogen-bond donors (Lipinski definition) is 2. The van der Waals surface area contributed by atoms with Crippen LogP contribution in [0.2, 0.25) is 0 Å². The molecule has 2 rings (SSSR count). The molecule has 2 aromatic carbocycles. The average Bonchev–Trinajstić information content (AvgIpc) is 2.59. The van der Waals surface area contributed by atoms with Crippen LogP contribution < -0.4 is 15.0 Å². The number of rotatable bonds is 7. The number of benzene rings is 2. The van der Waals surface area contributed by atoms with Gasteiger partial charge in [-0.05, 0) is 43.3 Å². The molecule has 0 radical (unpaired) electrons. The van der Waals surface area contributed by atoms with Crippen molar-refractivity contribution in [3.05, 3.63) is 59.9 Å². The second kappa shape index (κ2) is 7.86. The van der Waals surface area contributed by atoms with E-state index >= 15 is 0 Å². The fourth-order valence-electron chi connectivity index (χ4n) is 1.77. The number of nitrogens with one attached hydrogen (secondary N) is 2. The highest BCUT2D eigenvalue weighted by molar-refractivity contribution is 7.89. The molecule has 0 bridgehead atoms. The van der Waals surface area contributed by atoms with Crippen molar-refractivity contribution in [1.29, 1.82) is 0 Å². The van der Waals surface area contributed by atoms with E-state index in [2.05, 4.69) is 0 Å². The Hall–Kier alpha value is -2.78. The summed E-state index contributed by atoms with van der Waals surface area (Å²) in [6.45, 7) is 0.903. The quantitative estimate of drug-likeness (QED) is 0.570. The second-order valence-corrected chi connectivity index (χ2v) is 6.66. The van der Waals surface area contributed by atoms with Gasteiger partial charge in [-0.3, -0.25) is 15.0 Å². The lowest BCUT2D eigenvalue weighted by Crippen LogP contribution is -2.43. The third kappa shape index (κ3) is 5.37. The molecule has 0 aromatic heterocycles. The van der Waals surface area contributed by atoms with Gasteiger partial charge in [0.15, 0.2) is 12.4 Å². The van der Waals surface area contributed by atoms with Crippen LogP contribution in [0, 0.1) is 5.82 Å². The molecule has 2 aromatic rings. The fraction of sp³-hybridized carbons (Fsp3) is 0.125. The Morgan fingerprint density at radius 3 is 2.20 bits per heavy atom. The molecular formula is C16H15FN2O5S. The molecule has 0 aliphatic rings. The number of amides is 1. The van der Waals surface area contributed by atoms with Crippen molar-refractivity contribution in [3.8, 4) is 5.75 Å². The molecule has 2 N–H and O–H groups in total. The first kappa shape index (κ1) is 18.6. The molecule has 0 heterocycles. The number of sulfonamides is 1. The summed E-state index contributed by atoms with van der Waals surface area (Å²) in [5.41, 5.74) is 2.37. The molecule has 0 aliphatic carbocycles. The van der Waals surface area contributed by atoms with Crippen LogP contribution in [0.5, 0.6) is 5.75 Å².